The zero-order valence-corrected chi connectivity index (χ0v) is 24.4. The number of nitrogens with zero attached hydrogens (tertiary/aromatic N) is 7. The number of para-hydroxylation sites is 1. The van der Waals surface area contributed by atoms with Gasteiger partial charge in [0, 0.05) is 54.9 Å². The third-order valence-corrected chi connectivity index (χ3v) is 7.96. The minimum atomic E-state index is -0.152. The SMILES string of the molecule is COc1cc(-c2nn(-c3cc(N4CCOCC4)ccn3)c3ncnc(N)c23)ccc1NC(=O)Cc1cc2ccccc2n1C. The van der Waals surface area contributed by atoms with E-state index in [1.54, 1.807) is 24.1 Å². The fraction of sp³-hybridized carbons (Fsp3) is 0.219. The van der Waals surface area contributed by atoms with E-state index in [9.17, 15) is 4.79 Å². The molecule has 2 aromatic carbocycles. The molecular formula is C32H31N9O3. The highest BCUT2D eigenvalue weighted by Gasteiger charge is 2.21. The molecule has 0 unspecified atom stereocenters. The first-order chi connectivity index (χ1) is 21.5. The smallest absolute Gasteiger partial charge is 0.230 e. The predicted molar refractivity (Wildman–Crippen MR) is 169 cm³/mol. The van der Waals surface area contributed by atoms with Crippen LogP contribution in [-0.2, 0) is 23.0 Å². The van der Waals surface area contributed by atoms with Gasteiger partial charge in [0.15, 0.2) is 11.5 Å². The van der Waals surface area contributed by atoms with E-state index in [0.29, 0.717) is 53.0 Å². The Bertz CT molecular complexity index is 2010. The summed E-state index contributed by atoms with van der Waals surface area (Å²) in [6.07, 6.45) is 3.40. The Labute approximate surface area is 253 Å². The van der Waals surface area contributed by atoms with E-state index in [1.807, 2.05) is 66.2 Å². The number of benzene rings is 2. The highest BCUT2D eigenvalue weighted by Crippen LogP contribution is 2.36. The van der Waals surface area contributed by atoms with Gasteiger partial charge in [-0.15, -0.1) is 0 Å². The van der Waals surface area contributed by atoms with Crippen LogP contribution in [0.3, 0.4) is 0 Å². The molecule has 0 aliphatic carbocycles. The average molecular weight is 590 g/mol. The van der Waals surface area contributed by atoms with Crippen LogP contribution in [0.5, 0.6) is 5.75 Å². The van der Waals surface area contributed by atoms with Gasteiger partial charge in [-0.05, 0) is 35.7 Å². The lowest BCUT2D eigenvalue weighted by molar-refractivity contribution is -0.115. The molecule has 0 spiro atoms. The number of nitrogen functional groups attached to an aromatic ring is 1. The summed E-state index contributed by atoms with van der Waals surface area (Å²) >= 11 is 0. The van der Waals surface area contributed by atoms with Crippen molar-refractivity contribution < 1.29 is 14.3 Å². The lowest BCUT2D eigenvalue weighted by Crippen LogP contribution is -2.36. The first-order valence-corrected chi connectivity index (χ1v) is 14.3. The number of fused-ring (bicyclic) bond motifs is 2. The molecule has 12 nitrogen and oxygen atoms in total. The van der Waals surface area contributed by atoms with Gasteiger partial charge in [0.05, 0.1) is 37.8 Å². The number of amides is 1. The lowest BCUT2D eigenvalue weighted by Gasteiger charge is -2.28. The number of aromatic nitrogens is 6. The van der Waals surface area contributed by atoms with Gasteiger partial charge in [0.1, 0.15) is 23.6 Å². The Kier molecular flexibility index (Phi) is 7.03. The first-order valence-electron chi connectivity index (χ1n) is 14.3. The topological polar surface area (TPSA) is 138 Å². The van der Waals surface area contributed by atoms with Crippen molar-refractivity contribution in [1.29, 1.82) is 0 Å². The summed E-state index contributed by atoms with van der Waals surface area (Å²) in [6, 6.07) is 19.5. The second-order valence-corrected chi connectivity index (χ2v) is 10.6. The van der Waals surface area contributed by atoms with Crippen LogP contribution in [-0.4, -0.2) is 68.6 Å². The molecule has 6 aromatic rings. The summed E-state index contributed by atoms with van der Waals surface area (Å²) in [6.45, 7) is 2.96. The van der Waals surface area contributed by atoms with Gasteiger partial charge in [-0.25, -0.2) is 15.0 Å². The number of ether oxygens (including phenoxy) is 2. The Hall–Kier alpha value is -5.49. The molecule has 1 aliphatic rings. The van der Waals surface area contributed by atoms with Gasteiger partial charge in [-0.1, -0.05) is 24.3 Å². The van der Waals surface area contributed by atoms with Crippen LogP contribution >= 0.6 is 0 Å². The van der Waals surface area contributed by atoms with Crippen molar-refractivity contribution in [2.45, 2.75) is 6.42 Å². The van der Waals surface area contributed by atoms with Crippen LogP contribution in [0, 0.1) is 0 Å². The number of hydrogen-bond acceptors (Lipinski definition) is 9. The number of carbonyl (C=O) groups is 1. The zero-order valence-electron chi connectivity index (χ0n) is 24.4. The number of nitrogens with one attached hydrogen (secondary N) is 1. The van der Waals surface area contributed by atoms with Crippen molar-refractivity contribution in [1.82, 2.24) is 29.3 Å². The van der Waals surface area contributed by atoms with Crippen molar-refractivity contribution >= 4 is 45.0 Å². The van der Waals surface area contributed by atoms with E-state index in [1.165, 1.54) is 6.33 Å². The lowest BCUT2D eigenvalue weighted by atomic mass is 10.1. The molecule has 1 aliphatic heterocycles. The van der Waals surface area contributed by atoms with Crippen molar-refractivity contribution in [3.63, 3.8) is 0 Å². The van der Waals surface area contributed by atoms with E-state index < -0.39 is 0 Å². The van der Waals surface area contributed by atoms with Crippen LogP contribution in [0.1, 0.15) is 5.69 Å². The molecule has 0 radical (unpaired) electrons. The van der Waals surface area contributed by atoms with Gasteiger partial charge in [-0.2, -0.15) is 9.78 Å². The highest BCUT2D eigenvalue weighted by atomic mass is 16.5. The third kappa shape index (κ3) is 4.94. The van der Waals surface area contributed by atoms with Crippen molar-refractivity contribution in [3.8, 4) is 22.8 Å². The number of anilines is 3. The number of aryl methyl sites for hydroxylation is 1. The second-order valence-electron chi connectivity index (χ2n) is 10.6. The molecule has 7 rings (SSSR count). The number of carbonyl (C=O) groups excluding carboxylic acids is 1. The second kappa shape index (κ2) is 11.3. The number of rotatable bonds is 7. The minimum absolute atomic E-state index is 0.152. The molecule has 0 saturated carbocycles. The van der Waals surface area contributed by atoms with Crippen LogP contribution < -0.4 is 20.7 Å². The monoisotopic (exact) mass is 589 g/mol. The fourth-order valence-electron chi connectivity index (χ4n) is 5.69. The summed E-state index contributed by atoms with van der Waals surface area (Å²) in [5.74, 6) is 1.23. The van der Waals surface area contributed by atoms with Gasteiger partial charge in [0.2, 0.25) is 5.91 Å². The maximum Gasteiger partial charge on any atom is 0.230 e. The Morgan fingerprint density at radius 2 is 1.89 bits per heavy atom. The van der Waals surface area contributed by atoms with Crippen LogP contribution in [0.2, 0.25) is 0 Å². The zero-order chi connectivity index (χ0) is 30.2. The highest BCUT2D eigenvalue weighted by molar-refractivity contribution is 6.00. The summed E-state index contributed by atoms with van der Waals surface area (Å²) in [7, 11) is 3.53. The maximum atomic E-state index is 13.1. The molecular weight excluding hydrogens is 558 g/mol. The summed E-state index contributed by atoms with van der Waals surface area (Å²) in [5, 5.41) is 9.61. The molecule has 0 atom stereocenters. The number of morpholine rings is 1. The molecule has 3 N–H and O–H groups in total. The summed E-state index contributed by atoms with van der Waals surface area (Å²) in [5.41, 5.74) is 11.8. The van der Waals surface area contributed by atoms with Gasteiger partial charge in [0.25, 0.3) is 0 Å². The minimum Gasteiger partial charge on any atom is -0.495 e. The van der Waals surface area contributed by atoms with E-state index in [0.717, 1.165) is 40.9 Å². The number of nitrogens with two attached hydrogens (primary N) is 1. The van der Waals surface area contributed by atoms with Gasteiger partial charge >= 0.3 is 0 Å². The van der Waals surface area contributed by atoms with E-state index in [-0.39, 0.29) is 12.3 Å². The van der Waals surface area contributed by atoms with E-state index in [4.69, 9.17) is 20.3 Å². The average Bonchev–Trinajstić information content (AvgIpc) is 3.60. The summed E-state index contributed by atoms with van der Waals surface area (Å²) in [4.78, 5) is 28.7. The third-order valence-electron chi connectivity index (χ3n) is 7.96. The van der Waals surface area contributed by atoms with Gasteiger partial charge < -0.3 is 30.0 Å². The molecule has 1 amide bonds. The molecule has 1 fully saturated rings. The Morgan fingerprint density at radius 3 is 2.70 bits per heavy atom. The van der Waals surface area contributed by atoms with E-state index in [2.05, 4.69) is 25.2 Å². The molecule has 222 valence electrons. The maximum absolute atomic E-state index is 13.1. The van der Waals surface area contributed by atoms with Crippen LogP contribution in [0.25, 0.3) is 39.0 Å². The molecule has 5 heterocycles. The van der Waals surface area contributed by atoms with E-state index >= 15 is 0 Å². The normalized spacial score (nSPS) is 13.5. The van der Waals surface area contributed by atoms with Crippen LogP contribution in [0.4, 0.5) is 17.2 Å². The quantitative estimate of drug-likeness (QED) is 0.283. The Balaban J connectivity index is 1.21. The molecule has 44 heavy (non-hydrogen) atoms. The van der Waals surface area contributed by atoms with Crippen molar-refractivity contribution in [2.24, 2.45) is 7.05 Å². The van der Waals surface area contributed by atoms with Crippen molar-refractivity contribution in [3.05, 3.63) is 78.9 Å². The number of methoxy groups -OCH3 is 1. The van der Waals surface area contributed by atoms with Crippen molar-refractivity contribution in [2.75, 3.05) is 49.4 Å². The molecule has 0 bridgehead atoms. The fourth-order valence-corrected chi connectivity index (χ4v) is 5.69. The largest absolute Gasteiger partial charge is 0.495 e. The summed E-state index contributed by atoms with van der Waals surface area (Å²) < 4.78 is 14.9. The first kappa shape index (κ1) is 27.3. The number of hydrogen-bond donors (Lipinski definition) is 2. The predicted octanol–water partition coefficient (Wildman–Crippen LogP) is 3.98. The number of pyridine rings is 1. The Morgan fingerprint density at radius 1 is 1.05 bits per heavy atom. The molecule has 12 heteroatoms. The van der Waals surface area contributed by atoms with Crippen LogP contribution in [0.15, 0.2) is 73.2 Å². The van der Waals surface area contributed by atoms with Gasteiger partial charge in [-0.3, -0.25) is 4.79 Å². The standard InChI is InChI=1S/C32H31N9O3/c1-39-23(15-20-5-3-4-6-25(20)39)18-28(42)37-24-8-7-21(16-26(24)43-2)30-29-31(33)35-19-36-32(29)41(38-30)27-17-22(9-10-34-27)40-11-13-44-14-12-40/h3-10,15-17,19H,11-14,18H2,1-2H3,(H,37,42)(H2,33,35,36). The molecule has 1 saturated heterocycles. The molecule has 4 aromatic heterocycles.